The summed E-state index contributed by atoms with van der Waals surface area (Å²) in [5.41, 5.74) is 6.99. The lowest BCUT2D eigenvalue weighted by Gasteiger charge is -2.05. The van der Waals surface area contributed by atoms with Gasteiger partial charge in [-0.25, -0.2) is 14.4 Å². The minimum atomic E-state index is -0.526. The van der Waals surface area contributed by atoms with E-state index >= 15 is 0 Å². The van der Waals surface area contributed by atoms with Crippen molar-refractivity contribution in [1.29, 1.82) is 0 Å². The third kappa shape index (κ3) is 4.27. The molecule has 2 aromatic rings. The number of anilines is 1. The molecule has 0 amide bonds. The quantitative estimate of drug-likeness (QED) is 0.932. The Balaban J connectivity index is 0.000000238. The number of hydrogen-bond donors (Lipinski definition) is 1. The van der Waals surface area contributed by atoms with Crippen LogP contribution in [0.5, 0.6) is 0 Å². The van der Waals surface area contributed by atoms with Gasteiger partial charge >= 0.3 is 0 Å². The first-order chi connectivity index (χ1) is 11.6. The summed E-state index contributed by atoms with van der Waals surface area (Å²) >= 11 is 0. The molecule has 0 bridgehead atoms. The molecule has 7 heteroatoms. The predicted octanol–water partition coefficient (Wildman–Crippen LogP) is 3.29. The van der Waals surface area contributed by atoms with Crippen LogP contribution >= 0.6 is 0 Å². The Morgan fingerprint density at radius 2 is 1.75 bits per heavy atom. The average Bonchev–Trinajstić information content (AvgIpc) is 3.36. The van der Waals surface area contributed by atoms with Crippen molar-refractivity contribution in [2.75, 3.05) is 5.73 Å². The highest BCUT2D eigenvalue weighted by atomic mass is 19.1. The van der Waals surface area contributed by atoms with Crippen LogP contribution in [0.2, 0.25) is 0 Å². The van der Waals surface area contributed by atoms with Gasteiger partial charge < -0.3 is 5.73 Å². The van der Waals surface area contributed by atoms with E-state index in [1.807, 2.05) is 0 Å². The number of aryl methyl sites for hydroxylation is 1. The third-order valence-electron chi connectivity index (χ3n) is 4.61. The van der Waals surface area contributed by atoms with Crippen molar-refractivity contribution >= 4 is 5.95 Å². The van der Waals surface area contributed by atoms with Crippen LogP contribution in [0.3, 0.4) is 0 Å². The topological polar surface area (TPSA) is 82.5 Å². The molecule has 6 nitrogen and oxygen atoms in total. The minimum absolute atomic E-state index is 0.0365. The maximum atomic E-state index is 13.7. The summed E-state index contributed by atoms with van der Waals surface area (Å²) in [6, 6.07) is 0. The number of hydrogen-bond acceptors (Lipinski definition) is 5. The van der Waals surface area contributed by atoms with Crippen LogP contribution in [-0.4, -0.2) is 25.0 Å². The second kappa shape index (κ2) is 7.68. The average molecular weight is 332 g/mol. The van der Waals surface area contributed by atoms with E-state index in [0.717, 1.165) is 18.3 Å². The molecule has 2 heterocycles. The van der Waals surface area contributed by atoms with Crippen LogP contribution in [-0.2, 0) is 13.5 Å². The minimum Gasteiger partial charge on any atom is -0.368 e. The van der Waals surface area contributed by atoms with Gasteiger partial charge in [-0.3, -0.25) is 4.68 Å². The second-order valence-corrected chi connectivity index (χ2v) is 6.70. The van der Waals surface area contributed by atoms with Crippen LogP contribution < -0.4 is 5.73 Å². The zero-order chi connectivity index (χ0) is 16.9. The first kappa shape index (κ1) is 16.8. The van der Waals surface area contributed by atoms with Crippen molar-refractivity contribution < 1.29 is 4.39 Å². The maximum Gasteiger partial charge on any atom is 0.220 e. The fourth-order valence-electron chi connectivity index (χ4n) is 2.99. The summed E-state index contributed by atoms with van der Waals surface area (Å²) in [7, 11) is 1.80. The van der Waals surface area contributed by atoms with Crippen molar-refractivity contribution in [2.24, 2.45) is 13.0 Å². The van der Waals surface area contributed by atoms with Gasteiger partial charge in [0.15, 0.2) is 5.82 Å². The molecule has 0 unspecified atom stereocenters. The lowest BCUT2D eigenvalue weighted by Crippen LogP contribution is -2.03. The molecular weight excluding hydrogens is 307 g/mol. The molecule has 2 fully saturated rings. The summed E-state index contributed by atoms with van der Waals surface area (Å²) in [6.45, 7) is 0. The van der Waals surface area contributed by atoms with Crippen LogP contribution in [0.15, 0.2) is 6.20 Å². The standard InChI is InChI=1S/C11H13FN6.C6H12/c1-18-8(4-6-2-3-6)10(16-17-18)9-7(12)5-14-11(13)15-9;1-2-4-6-5-3-1/h5-6H,2-4H2,1H3,(H2,13,14,15);1-6H2. The maximum absolute atomic E-state index is 13.7. The van der Waals surface area contributed by atoms with Crippen molar-refractivity contribution in [1.82, 2.24) is 25.0 Å². The zero-order valence-electron chi connectivity index (χ0n) is 14.2. The molecule has 2 saturated carbocycles. The lowest BCUT2D eigenvalue weighted by atomic mass is 10.0. The first-order valence-corrected chi connectivity index (χ1v) is 8.82. The van der Waals surface area contributed by atoms with Crippen molar-refractivity contribution in [2.45, 2.75) is 57.8 Å². The summed E-state index contributed by atoms with van der Waals surface area (Å²) in [4.78, 5) is 7.53. The SMILES string of the molecule is C1CCCCC1.Cn1nnc(-c2nc(N)ncc2F)c1CC1CC1. The number of rotatable bonds is 3. The van der Waals surface area contributed by atoms with Crippen LogP contribution in [0.1, 0.15) is 57.1 Å². The van der Waals surface area contributed by atoms with Gasteiger partial charge in [-0.1, -0.05) is 43.7 Å². The van der Waals surface area contributed by atoms with Gasteiger partial charge in [0.05, 0.1) is 11.9 Å². The molecule has 4 rings (SSSR count). The van der Waals surface area contributed by atoms with Crippen LogP contribution in [0.4, 0.5) is 10.3 Å². The van der Waals surface area contributed by atoms with Gasteiger partial charge in [0.2, 0.25) is 5.95 Å². The van der Waals surface area contributed by atoms with Gasteiger partial charge in [-0.05, 0) is 25.2 Å². The number of nitrogen functional groups attached to an aromatic ring is 1. The van der Waals surface area contributed by atoms with Crippen LogP contribution in [0, 0.1) is 11.7 Å². The molecule has 0 radical (unpaired) electrons. The predicted molar refractivity (Wildman–Crippen MR) is 90.5 cm³/mol. The molecule has 0 aromatic carbocycles. The van der Waals surface area contributed by atoms with E-state index in [9.17, 15) is 4.39 Å². The largest absolute Gasteiger partial charge is 0.368 e. The number of halogens is 1. The van der Waals surface area contributed by atoms with Gasteiger partial charge in [0, 0.05) is 7.05 Å². The molecule has 0 aliphatic heterocycles. The third-order valence-corrected chi connectivity index (χ3v) is 4.61. The van der Waals surface area contributed by atoms with E-state index in [4.69, 9.17) is 5.73 Å². The Morgan fingerprint density at radius 1 is 1.12 bits per heavy atom. The molecule has 24 heavy (non-hydrogen) atoms. The highest BCUT2D eigenvalue weighted by Crippen LogP contribution is 2.35. The number of nitrogens with zero attached hydrogens (tertiary/aromatic N) is 5. The zero-order valence-corrected chi connectivity index (χ0v) is 14.2. The van der Waals surface area contributed by atoms with E-state index in [0.29, 0.717) is 11.6 Å². The molecule has 2 N–H and O–H groups in total. The number of nitrogens with two attached hydrogens (primary N) is 1. The molecular formula is C17H25FN6. The molecule has 0 spiro atoms. The molecule has 2 aliphatic carbocycles. The normalized spacial score (nSPS) is 17.2. The van der Waals surface area contributed by atoms with Gasteiger partial charge in [-0.2, -0.15) is 0 Å². The summed E-state index contributed by atoms with van der Waals surface area (Å²) in [6.07, 6.45) is 13.3. The van der Waals surface area contributed by atoms with E-state index in [1.165, 1.54) is 51.4 Å². The highest BCUT2D eigenvalue weighted by Gasteiger charge is 2.27. The monoisotopic (exact) mass is 332 g/mol. The van der Waals surface area contributed by atoms with Gasteiger partial charge in [0.1, 0.15) is 11.4 Å². The van der Waals surface area contributed by atoms with Crippen molar-refractivity contribution in [3.63, 3.8) is 0 Å². The van der Waals surface area contributed by atoms with Crippen molar-refractivity contribution in [3.05, 3.63) is 17.7 Å². The van der Waals surface area contributed by atoms with E-state index < -0.39 is 5.82 Å². The molecule has 0 atom stereocenters. The van der Waals surface area contributed by atoms with E-state index in [2.05, 4.69) is 20.3 Å². The Morgan fingerprint density at radius 3 is 2.33 bits per heavy atom. The van der Waals surface area contributed by atoms with E-state index in [-0.39, 0.29) is 11.6 Å². The first-order valence-electron chi connectivity index (χ1n) is 8.82. The molecule has 0 saturated heterocycles. The smallest absolute Gasteiger partial charge is 0.220 e. The van der Waals surface area contributed by atoms with Crippen molar-refractivity contribution in [3.8, 4) is 11.4 Å². The lowest BCUT2D eigenvalue weighted by molar-refractivity contribution is 0.504. The fraction of sp³-hybridized carbons (Fsp3) is 0.647. The molecule has 2 aromatic heterocycles. The van der Waals surface area contributed by atoms with Gasteiger partial charge in [0.25, 0.3) is 0 Å². The Kier molecular flexibility index (Phi) is 5.37. The van der Waals surface area contributed by atoms with Gasteiger partial charge in [-0.15, -0.1) is 5.10 Å². The molecule has 130 valence electrons. The summed E-state index contributed by atoms with van der Waals surface area (Å²) in [5.74, 6) is 0.166. The highest BCUT2D eigenvalue weighted by molar-refractivity contribution is 5.58. The summed E-state index contributed by atoms with van der Waals surface area (Å²) in [5, 5.41) is 7.94. The molecule has 2 aliphatic rings. The van der Waals surface area contributed by atoms with E-state index in [1.54, 1.807) is 11.7 Å². The Bertz CT molecular complexity index is 664. The summed E-state index contributed by atoms with van der Waals surface area (Å²) < 4.78 is 15.4. The second-order valence-electron chi connectivity index (χ2n) is 6.70. The van der Waals surface area contributed by atoms with Crippen LogP contribution in [0.25, 0.3) is 11.4 Å². The Labute approximate surface area is 141 Å². The number of aromatic nitrogens is 5. The Hall–Kier alpha value is -2.05. The fourth-order valence-corrected chi connectivity index (χ4v) is 2.99.